The minimum atomic E-state index is -0.288. The largest absolute Gasteiger partial charge is 0.393 e. The zero-order valence-corrected chi connectivity index (χ0v) is 10.6. The Morgan fingerprint density at radius 2 is 2.00 bits per heavy atom. The number of amides is 1. The molecule has 0 aliphatic heterocycles. The van der Waals surface area contributed by atoms with Crippen LogP contribution < -0.4 is 5.32 Å². The van der Waals surface area contributed by atoms with Gasteiger partial charge in [0, 0.05) is 6.54 Å². The van der Waals surface area contributed by atoms with Gasteiger partial charge < -0.3 is 10.4 Å². The van der Waals surface area contributed by atoms with Gasteiger partial charge in [0.1, 0.15) is 0 Å². The summed E-state index contributed by atoms with van der Waals surface area (Å²) in [6.45, 7) is 4.42. The predicted molar refractivity (Wildman–Crippen MR) is 68.8 cm³/mol. The molecule has 17 heavy (non-hydrogen) atoms. The van der Waals surface area contributed by atoms with Crippen LogP contribution in [0.2, 0.25) is 0 Å². The highest BCUT2D eigenvalue weighted by Gasteiger charge is 2.03. The van der Waals surface area contributed by atoms with Gasteiger partial charge >= 0.3 is 0 Å². The molecule has 94 valence electrons. The second-order valence-electron chi connectivity index (χ2n) is 4.50. The average molecular weight is 235 g/mol. The van der Waals surface area contributed by atoms with E-state index in [0.29, 0.717) is 13.0 Å². The molecule has 3 heteroatoms. The number of aryl methyl sites for hydroxylation is 1. The van der Waals surface area contributed by atoms with Gasteiger partial charge in [0.05, 0.1) is 12.5 Å². The fraction of sp³-hybridized carbons (Fsp3) is 0.500. The summed E-state index contributed by atoms with van der Waals surface area (Å²) >= 11 is 0. The van der Waals surface area contributed by atoms with Crippen LogP contribution in [-0.4, -0.2) is 23.7 Å². The van der Waals surface area contributed by atoms with Crippen molar-refractivity contribution in [3.63, 3.8) is 0 Å². The van der Waals surface area contributed by atoms with Gasteiger partial charge in [-0.05, 0) is 32.3 Å². The Bertz CT molecular complexity index is 344. The van der Waals surface area contributed by atoms with Crippen molar-refractivity contribution in [3.05, 3.63) is 35.4 Å². The van der Waals surface area contributed by atoms with Gasteiger partial charge in [0.2, 0.25) is 5.91 Å². The lowest BCUT2D eigenvalue weighted by atomic mass is 10.1. The Balaban J connectivity index is 2.23. The van der Waals surface area contributed by atoms with Gasteiger partial charge in [-0.3, -0.25) is 4.79 Å². The van der Waals surface area contributed by atoms with Crippen molar-refractivity contribution in [1.82, 2.24) is 5.32 Å². The van der Waals surface area contributed by atoms with Crippen LogP contribution >= 0.6 is 0 Å². The van der Waals surface area contributed by atoms with Crippen LogP contribution in [-0.2, 0) is 11.2 Å². The molecule has 0 radical (unpaired) electrons. The van der Waals surface area contributed by atoms with Crippen LogP contribution in [0, 0.1) is 6.92 Å². The predicted octanol–water partition coefficient (Wildman–Crippen LogP) is 1.81. The summed E-state index contributed by atoms with van der Waals surface area (Å²) in [5.74, 6) is 0.0412. The van der Waals surface area contributed by atoms with Crippen molar-refractivity contribution in [2.45, 2.75) is 39.2 Å². The monoisotopic (exact) mass is 235 g/mol. The SMILES string of the molecule is Cc1ccc(CC(=O)NCCCC(C)O)cc1. The lowest BCUT2D eigenvalue weighted by Crippen LogP contribution is -2.26. The normalized spacial score (nSPS) is 12.2. The summed E-state index contributed by atoms with van der Waals surface area (Å²) in [6.07, 6.45) is 1.68. The number of hydrogen-bond donors (Lipinski definition) is 2. The van der Waals surface area contributed by atoms with Crippen molar-refractivity contribution >= 4 is 5.91 Å². The summed E-state index contributed by atoms with van der Waals surface area (Å²) in [6, 6.07) is 7.97. The Labute approximate surface area is 103 Å². The second kappa shape index (κ2) is 7.07. The van der Waals surface area contributed by atoms with E-state index in [1.165, 1.54) is 5.56 Å². The van der Waals surface area contributed by atoms with Gasteiger partial charge in [-0.2, -0.15) is 0 Å². The minimum absolute atomic E-state index is 0.0412. The molecule has 1 aromatic rings. The summed E-state index contributed by atoms with van der Waals surface area (Å²) in [5.41, 5.74) is 2.23. The van der Waals surface area contributed by atoms with Crippen LogP contribution in [0.1, 0.15) is 30.9 Å². The molecule has 1 amide bonds. The number of carbonyl (C=O) groups is 1. The minimum Gasteiger partial charge on any atom is -0.393 e. The molecule has 0 aromatic heterocycles. The zero-order chi connectivity index (χ0) is 12.7. The van der Waals surface area contributed by atoms with Crippen molar-refractivity contribution in [2.75, 3.05) is 6.54 Å². The van der Waals surface area contributed by atoms with Crippen LogP contribution in [0.25, 0.3) is 0 Å². The molecule has 0 saturated heterocycles. The van der Waals surface area contributed by atoms with Crippen molar-refractivity contribution in [2.24, 2.45) is 0 Å². The standard InChI is InChI=1S/C14H21NO2/c1-11-5-7-13(8-6-11)10-14(17)15-9-3-4-12(2)16/h5-8,12,16H,3-4,9-10H2,1-2H3,(H,15,17). The van der Waals surface area contributed by atoms with Crippen LogP contribution in [0.3, 0.4) is 0 Å². The maximum Gasteiger partial charge on any atom is 0.224 e. The van der Waals surface area contributed by atoms with Gasteiger partial charge in [0.15, 0.2) is 0 Å². The fourth-order valence-corrected chi connectivity index (χ4v) is 1.58. The van der Waals surface area contributed by atoms with E-state index in [9.17, 15) is 4.79 Å². The first-order chi connectivity index (χ1) is 8.08. The highest BCUT2D eigenvalue weighted by atomic mass is 16.3. The molecule has 0 aliphatic carbocycles. The summed E-state index contributed by atoms with van der Waals surface area (Å²) in [4.78, 5) is 11.6. The molecule has 0 fully saturated rings. The number of nitrogens with one attached hydrogen (secondary N) is 1. The van der Waals surface area contributed by atoms with Crippen LogP contribution in [0.15, 0.2) is 24.3 Å². The first-order valence-corrected chi connectivity index (χ1v) is 6.08. The van der Waals surface area contributed by atoms with E-state index < -0.39 is 0 Å². The van der Waals surface area contributed by atoms with E-state index in [1.54, 1.807) is 6.92 Å². The Kier molecular flexibility index (Phi) is 5.70. The number of aliphatic hydroxyl groups is 1. The van der Waals surface area contributed by atoms with Crippen molar-refractivity contribution in [3.8, 4) is 0 Å². The molecule has 1 aromatic carbocycles. The van der Waals surface area contributed by atoms with Crippen molar-refractivity contribution < 1.29 is 9.90 Å². The molecule has 3 nitrogen and oxygen atoms in total. The lowest BCUT2D eigenvalue weighted by molar-refractivity contribution is -0.120. The Morgan fingerprint density at radius 1 is 1.35 bits per heavy atom. The molecule has 0 heterocycles. The molecule has 2 N–H and O–H groups in total. The van der Waals surface area contributed by atoms with Gasteiger partial charge in [-0.25, -0.2) is 0 Å². The Morgan fingerprint density at radius 3 is 2.59 bits per heavy atom. The van der Waals surface area contributed by atoms with Gasteiger partial charge in [0.25, 0.3) is 0 Å². The highest BCUT2D eigenvalue weighted by Crippen LogP contribution is 2.03. The Hall–Kier alpha value is -1.35. The molecule has 0 bridgehead atoms. The zero-order valence-electron chi connectivity index (χ0n) is 10.6. The van der Waals surface area contributed by atoms with Crippen molar-refractivity contribution in [1.29, 1.82) is 0 Å². The number of rotatable bonds is 6. The van der Waals surface area contributed by atoms with Crippen LogP contribution in [0.5, 0.6) is 0 Å². The number of benzene rings is 1. The van der Waals surface area contributed by atoms with E-state index in [0.717, 1.165) is 18.4 Å². The molecule has 0 aliphatic rings. The van der Waals surface area contributed by atoms with E-state index in [4.69, 9.17) is 5.11 Å². The molecule has 0 spiro atoms. The number of hydrogen-bond acceptors (Lipinski definition) is 2. The van der Waals surface area contributed by atoms with Gasteiger partial charge in [-0.1, -0.05) is 29.8 Å². The first kappa shape index (κ1) is 13.7. The molecule has 0 saturated carbocycles. The molecular formula is C14H21NO2. The topological polar surface area (TPSA) is 49.3 Å². The third-order valence-corrected chi connectivity index (χ3v) is 2.61. The molecule has 1 unspecified atom stereocenters. The molecule has 1 rings (SSSR count). The average Bonchev–Trinajstić information content (AvgIpc) is 2.27. The van der Waals surface area contributed by atoms with Gasteiger partial charge in [-0.15, -0.1) is 0 Å². The van der Waals surface area contributed by atoms with E-state index in [2.05, 4.69) is 5.32 Å². The fourth-order valence-electron chi connectivity index (χ4n) is 1.58. The maximum atomic E-state index is 11.6. The number of carbonyl (C=O) groups excluding carboxylic acids is 1. The second-order valence-corrected chi connectivity index (χ2v) is 4.50. The highest BCUT2D eigenvalue weighted by molar-refractivity contribution is 5.78. The first-order valence-electron chi connectivity index (χ1n) is 6.08. The smallest absolute Gasteiger partial charge is 0.224 e. The summed E-state index contributed by atoms with van der Waals surface area (Å²) in [7, 11) is 0. The van der Waals surface area contributed by atoms with E-state index in [-0.39, 0.29) is 12.0 Å². The molecule has 1 atom stereocenters. The third kappa shape index (κ3) is 6.07. The quantitative estimate of drug-likeness (QED) is 0.739. The lowest BCUT2D eigenvalue weighted by Gasteiger charge is -2.06. The summed E-state index contributed by atoms with van der Waals surface area (Å²) in [5, 5.41) is 11.9. The van der Waals surface area contributed by atoms with E-state index in [1.807, 2.05) is 31.2 Å². The maximum absolute atomic E-state index is 11.6. The van der Waals surface area contributed by atoms with Crippen LogP contribution in [0.4, 0.5) is 0 Å². The summed E-state index contributed by atoms with van der Waals surface area (Å²) < 4.78 is 0. The van der Waals surface area contributed by atoms with E-state index >= 15 is 0 Å². The third-order valence-electron chi connectivity index (χ3n) is 2.61. The number of aliphatic hydroxyl groups excluding tert-OH is 1. The molecular weight excluding hydrogens is 214 g/mol.